The van der Waals surface area contributed by atoms with Crippen LogP contribution in [-0.2, 0) is 9.53 Å². The second-order valence-electron chi connectivity index (χ2n) is 1.44. The maximum atomic E-state index is 10.2. The fourth-order valence-corrected chi connectivity index (χ4v) is 0.347. The molecule has 0 atom stereocenters. The normalized spacial score (nSPS) is 9.33. The molecule has 0 aliphatic heterocycles. The molecule has 0 aromatic heterocycles. The Morgan fingerprint density at radius 2 is 1.67 bits per heavy atom. The first-order chi connectivity index (χ1) is 5.21. The van der Waals surface area contributed by atoms with Gasteiger partial charge in [-0.15, -0.1) is 0 Å². The van der Waals surface area contributed by atoms with E-state index in [4.69, 9.17) is 40.2 Å². The first kappa shape index (κ1) is 14.2. The molecule has 0 aromatic carbocycles. The van der Waals surface area contributed by atoms with E-state index in [2.05, 4.69) is 16.2 Å². The molecule has 5 nitrogen and oxygen atoms in total. The molecule has 0 saturated heterocycles. The van der Waals surface area contributed by atoms with Crippen molar-refractivity contribution in [3.63, 3.8) is 0 Å². The van der Waals surface area contributed by atoms with Crippen molar-refractivity contribution in [2.24, 2.45) is 11.5 Å². The third-order valence-electron chi connectivity index (χ3n) is 0.417. The SMILES string of the molecule is COC(=O)C(Cl)(Cl)Cl.N=C(N)N. The number of nitrogens with two attached hydrogens (primary N) is 2. The van der Waals surface area contributed by atoms with E-state index in [-0.39, 0.29) is 5.96 Å². The first-order valence-corrected chi connectivity index (χ1v) is 3.59. The lowest BCUT2D eigenvalue weighted by molar-refractivity contribution is -0.139. The summed E-state index contributed by atoms with van der Waals surface area (Å²) < 4.78 is 2.14. The minimum absolute atomic E-state index is 0.333. The van der Waals surface area contributed by atoms with Crippen LogP contribution in [0.25, 0.3) is 0 Å². The summed E-state index contributed by atoms with van der Waals surface area (Å²) in [5, 5.41) is 6.06. The Labute approximate surface area is 84.4 Å². The molecule has 0 saturated carbocycles. The van der Waals surface area contributed by atoms with E-state index >= 15 is 0 Å². The minimum atomic E-state index is -1.94. The predicted octanol–water partition coefficient (Wildman–Crippen LogP) is 0.368. The summed E-state index contributed by atoms with van der Waals surface area (Å²) in [5.41, 5.74) is 8.94. The van der Waals surface area contributed by atoms with Gasteiger partial charge in [0.2, 0.25) is 0 Å². The minimum Gasteiger partial charge on any atom is -0.466 e. The Kier molecular flexibility index (Phi) is 7.27. The van der Waals surface area contributed by atoms with Gasteiger partial charge in [-0.05, 0) is 0 Å². The third kappa shape index (κ3) is 12.3. The molecular weight excluding hydrogens is 228 g/mol. The lowest BCUT2D eigenvalue weighted by Gasteiger charge is -2.05. The summed E-state index contributed by atoms with van der Waals surface area (Å²) in [5.74, 6) is -1.21. The van der Waals surface area contributed by atoms with Gasteiger partial charge in [0.25, 0.3) is 3.79 Å². The molecule has 0 radical (unpaired) electrons. The largest absolute Gasteiger partial charge is 0.466 e. The number of guanidine groups is 1. The molecule has 72 valence electrons. The van der Waals surface area contributed by atoms with Crippen molar-refractivity contribution in [3.8, 4) is 0 Å². The van der Waals surface area contributed by atoms with Gasteiger partial charge in [-0.25, -0.2) is 4.79 Å². The van der Waals surface area contributed by atoms with Crippen LogP contribution in [0.1, 0.15) is 0 Å². The number of esters is 1. The van der Waals surface area contributed by atoms with Crippen molar-refractivity contribution in [1.29, 1.82) is 5.41 Å². The number of carbonyl (C=O) groups excluding carboxylic acids is 1. The van der Waals surface area contributed by atoms with Gasteiger partial charge in [-0.3, -0.25) is 5.41 Å². The molecule has 5 N–H and O–H groups in total. The highest BCUT2D eigenvalue weighted by Gasteiger charge is 2.31. The van der Waals surface area contributed by atoms with Crippen LogP contribution >= 0.6 is 34.8 Å². The number of methoxy groups -OCH3 is 1. The lowest BCUT2D eigenvalue weighted by atomic mass is 10.8. The van der Waals surface area contributed by atoms with Crippen LogP contribution in [-0.4, -0.2) is 22.8 Å². The maximum absolute atomic E-state index is 10.2. The van der Waals surface area contributed by atoms with E-state index < -0.39 is 9.76 Å². The van der Waals surface area contributed by atoms with Gasteiger partial charge in [0.05, 0.1) is 7.11 Å². The molecule has 0 aromatic rings. The smallest absolute Gasteiger partial charge is 0.358 e. The summed E-state index contributed by atoms with van der Waals surface area (Å²) in [6, 6.07) is 0. The fraction of sp³-hybridized carbons (Fsp3) is 0.500. The predicted molar refractivity (Wildman–Crippen MR) is 48.4 cm³/mol. The zero-order valence-electron chi connectivity index (χ0n) is 6.11. The van der Waals surface area contributed by atoms with Crippen molar-refractivity contribution in [2.75, 3.05) is 7.11 Å². The standard InChI is InChI=1S/C3H3Cl3O2.CH5N3/c1-8-2(7)3(4,5)6;2-1(3)4/h1H3;(H5,2,3,4). The van der Waals surface area contributed by atoms with Gasteiger partial charge in [-0.1, -0.05) is 34.8 Å². The zero-order chi connectivity index (χ0) is 10.4. The second-order valence-corrected chi connectivity index (χ2v) is 3.73. The molecule has 0 amide bonds. The Morgan fingerprint density at radius 1 is 1.42 bits per heavy atom. The highest BCUT2D eigenvalue weighted by Crippen LogP contribution is 2.26. The van der Waals surface area contributed by atoms with E-state index in [1.54, 1.807) is 0 Å². The lowest BCUT2D eigenvalue weighted by Crippen LogP contribution is -2.20. The number of hydrogen-bond acceptors (Lipinski definition) is 3. The van der Waals surface area contributed by atoms with Crippen molar-refractivity contribution in [3.05, 3.63) is 0 Å². The van der Waals surface area contributed by atoms with Gasteiger partial charge >= 0.3 is 5.97 Å². The number of nitrogens with one attached hydrogen (secondary N) is 1. The van der Waals surface area contributed by atoms with E-state index in [9.17, 15) is 4.79 Å². The maximum Gasteiger partial charge on any atom is 0.358 e. The summed E-state index contributed by atoms with van der Waals surface area (Å²) in [4.78, 5) is 10.2. The highest BCUT2D eigenvalue weighted by molar-refractivity contribution is 6.75. The van der Waals surface area contributed by atoms with Gasteiger partial charge in [0.15, 0.2) is 5.96 Å². The number of hydrogen-bond donors (Lipinski definition) is 3. The van der Waals surface area contributed by atoms with Gasteiger partial charge in [0.1, 0.15) is 0 Å². The quantitative estimate of drug-likeness (QED) is 0.245. The zero-order valence-corrected chi connectivity index (χ0v) is 8.37. The van der Waals surface area contributed by atoms with E-state index in [1.807, 2.05) is 0 Å². The average Bonchev–Trinajstić information content (AvgIpc) is 1.82. The van der Waals surface area contributed by atoms with Crippen LogP contribution < -0.4 is 11.5 Å². The monoisotopic (exact) mass is 235 g/mol. The van der Waals surface area contributed by atoms with Crippen LogP contribution in [0.15, 0.2) is 0 Å². The van der Waals surface area contributed by atoms with Crippen molar-refractivity contribution < 1.29 is 9.53 Å². The van der Waals surface area contributed by atoms with E-state index in [1.165, 1.54) is 0 Å². The number of rotatable bonds is 0. The Bertz CT molecular complexity index is 163. The Balaban J connectivity index is 0. The van der Waals surface area contributed by atoms with Gasteiger partial charge < -0.3 is 16.2 Å². The molecule has 8 heteroatoms. The molecule has 0 fully saturated rings. The second kappa shape index (κ2) is 6.16. The molecule has 0 bridgehead atoms. The Hall–Kier alpha value is -0.390. The first-order valence-electron chi connectivity index (χ1n) is 2.46. The van der Waals surface area contributed by atoms with E-state index in [0.29, 0.717) is 0 Å². The summed E-state index contributed by atoms with van der Waals surface area (Å²) in [6.45, 7) is 0. The molecule has 0 aliphatic rings. The summed E-state index contributed by atoms with van der Waals surface area (Å²) in [7, 11) is 1.14. The topological polar surface area (TPSA) is 102 Å². The van der Waals surface area contributed by atoms with Crippen molar-refractivity contribution in [2.45, 2.75) is 3.79 Å². The number of halogens is 3. The van der Waals surface area contributed by atoms with E-state index in [0.717, 1.165) is 7.11 Å². The number of alkyl halides is 3. The molecule has 12 heavy (non-hydrogen) atoms. The summed E-state index contributed by atoms with van der Waals surface area (Å²) in [6.07, 6.45) is 0. The van der Waals surface area contributed by atoms with Crippen LogP contribution in [0, 0.1) is 5.41 Å². The van der Waals surface area contributed by atoms with Crippen LogP contribution in [0.3, 0.4) is 0 Å². The molecular formula is C4H8Cl3N3O2. The van der Waals surface area contributed by atoms with Crippen molar-refractivity contribution >= 4 is 46.7 Å². The summed E-state index contributed by atoms with van der Waals surface area (Å²) >= 11 is 15.1. The van der Waals surface area contributed by atoms with Gasteiger partial charge in [-0.2, -0.15) is 0 Å². The molecule has 0 aliphatic carbocycles. The molecule has 0 rings (SSSR count). The number of ether oxygens (including phenoxy) is 1. The molecule has 0 heterocycles. The third-order valence-corrected chi connectivity index (χ3v) is 0.880. The highest BCUT2D eigenvalue weighted by atomic mass is 35.6. The fourth-order valence-electron chi connectivity index (χ4n) is 0.116. The number of carbonyl (C=O) groups is 1. The Morgan fingerprint density at radius 3 is 1.67 bits per heavy atom. The van der Waals surface area contributed by atoms with Crippen LogP contribution in [0.2, 0.25) is 0 Å². The van der Waals surface area contributed by atoms with Crippen molar-refractivity contribution in [1.82, 2.24) is 0 Å². The van der Waals surface area contributed by atoms with Crippen LogP contribution in [0.5, 0.6) is 0 Å². The van der Waals surface area contributed by atoms with Gasteiger partial charge in [0, 0.05) is 0 Å². The molecule has 0 spiro atoms. The molecule has 0 unspecified atom stereocenters. The van der Waals surface area contributed by atoms with Crippen LogP contribution in [0.4, 0.5) is 0 Å². The average molecular weight is 236 g/mol.